The summed E-state index contributed by atoms with van der Waals surface area (Å²) >= 11 is 0. The molecule has 0 aliphatic heterocycles. The Kier molecular flexibility index (Phi) is 17.4. The van der Waals surface area contributed by atoms with Gasteiger partial charge in [0.2, 0.25) is 0 Å². The van der Waals surface area contributed by atoms with Crippen LogP contribution in [0, 0.1) is 0 Å². The molecular formula is C47H66N2. The lowest BCUT2D eigenvalue weighted by Gasteiger charge is -2.13. The summed E-state index contributed by atoms with van der Waals surface area (Å²) in [4.78, 5) is 0. The predicted molar refractivity (Wildman–Crippen MR) is 216 cm³/mol. The summed E-state index contributed by atoms with van der Waals surface area (Å²) in [5.74, 6) is 0. The third-order valence-corrected chi connectivity index (χ3v) is 10.3. The van der Waals surface area contributed by atoms with Crippen LogP contribution in [0.15, 0.2) is 84.9 Å². The topological polar surface area (TPSA) is 52.0 Å². The highest BCUT2D eigenvalue weighted by atomic mass is 14.5. The number of aryl methyl sites for hydroxylation is 4. The van der Waals surface area contributed by atoms with Gasteiger partial charge in [0, 0.05) is 11.4 Å². The van der Waals surface area contributed by atoms with Gasteiger partial charge in [-0.25, -0.2) is 0 Å². The van der Waals surface area contributed by atoms with Gasteiger partial charge in [-0.15, -0.1) is 0 Å². The molecule has 0 aliphatic carbocycles. The molecule has 4 rings (SSSR count). The van der Waals surface area contributed by atoms with E-state index < -0.39 is 0 Å². The zero-order valence-electron chi connectivity index (χ0n) is 31.1. The number of benzene rings is 4. The average molecular weight is 659 g/mol. The number of anilines is 2. The second-order valence-electron chi connectivity index (χ2n) is 14.6. The van der Waals surface area contributed by atoms with Crippen LogP contribution in [-0.2, 0) is 38.5 Å². The van der Waals surface area contributed by atoms with Gasteiger partial charge in [-0.1, -0.05) is 145 Å². The summed E-state index contributed by atoms with van der Waals surface area (Å²) in [7, 11) is 0. The van der Waals surface area contributed by atoms with Crippen LogP contribution in [0.5, 0.6) is 0 Å². The fraction of sp³-hybridized carbons (Fsp3) is 0.489. The van der Waals surface area contributed by atoms with Crippen molar-refractivity contribution in [2.75, 3.05) is 11.5 Å². The van der Waals surface area contributed by atoms with Crippen molar-refractivity contribution in [3.05, 3.63) is 129 Å². The van der Waals surface area contributed by atoms with E-state index in [-0.39, 0.29) is 0 Å². The number of unbranched alkanes of at least 4 members (excludes halogenated alkanes) is 12. The fourth-order valence-electron chi connectivity index (χ4n) is 7.23. The normalized spacial score (nSPS) is 11.3. The Bertz CT molecular complexity index is 1350. The predicted octanol–water partition coefficient (Wildman–Crippen LogP) is 12.8. The molecular weight excluding hydrogens is 593 g/mol. The first kappa shape index (κ1) is 38.3. The van der Waals surface area contributed by atoms with Gasteiger partial charge in [0.1, 0.15) is 0 Å². The first-order valence-electron chi connectivity index (χ1n) is 19.9. The van der Waals surface area contributed by atoms with Crippen molar-refractivity contribution in [3.63, 3.8) is 0 Å². The summed E-state index contributed by atoms with van der Waals surface area (Å²) in [5, 5.41) is 0. The Hall–Kier alpha value is -3.52. The number of hydrogen-bond acceptors (Lipinski definition) is 2. The van der Waals surface area contributed by atoms with Gasteiger partial charge in [0.05, 0.1) is 0 Å². The molecule has 2 nitrogen and oxygen atoms in total. The highest BCUT2D eigenvalue weighted by molar-refractivity contribution is 5.43. The summed E-state index contributed by atoms with van der Waals surface area (Å²) in [5.41, 5.74) is 25.3. The molecule has 0 aliphatic rings. The first-order valence-corrected chi connectivity index (χ1v) is 19.9. The smallest absolute Gasteiger partial charge is 0.0314 e. The molecule has 0 saturated heterocycles. The lowest BCUT2D eigenvalue weighted by molar-refractivity contribution is 0.545. The van der Waals surface area contributed by atoms with Crippen molar-refractivity contribution in [1.29, 1.82) is 0 Å². The second-order valence-corrected chi connectivity index (χ2v) is 14.6. The van der Waals surface area contributed by atoms with Gasteiger partial charge in [-0.05, 0) is 133 Å². The molecule has 264 valence electrons. The molecule has 49 heavy (non-hydrogen) atoms. The van der Waals surface area contributed by atoms with E-state index in [1.54, 1.807) is 22.3 Å². The van der Waals surface area contributed by atoms with Crippen molar-refractivity contribution in [2.24, 2.45) is 0 Å². The molecule has 0 radical (unpaired) electrons. The Labute approximate surface area is 300 Å². The van der Waals surface area contributed by atoms with Crippen molar-refractivity contribution >= 4 is 11.4 Å². The van der Waals surface area contributed by atoms with Crippen LogP contribution < -0.4 is 11.5 Å². The summed E-state index contributed by atoms with van der Waals surface area (Å²) < 4.78 is 0. The molecule has 0 unspecified atom stereocenters. The second kappa shape index (κ2) is 22.2. The van der Waals surface area contributed by atoms with E-state index in [0.29, 0.717) is 0 Å². The number of hydrogen-bond donors (Lipinski definition) is 2. The lowest BCUT2D eigenvalue weighted by atomic mass is 9.93. The largest absolute Gasteiger partial charge is 0.399 e. The van der Waals surface area contributed by atoms with Crippen LogP contribution in [0.2, 0.25) is 0 Å². The minimum Gasteiger partial charge on any atom is -0.399 e. The number of nitrogens with two attached hydrogens (primary N) is 2. The maximum absolute atomic E-state index is 5.88. The molecule has 0 heterocycles. The average Bonchev–Trinajstić information content (AvgIpc) is 3.11. The van der Waals surface area contributed by atoms with Gasteiger partial charge < -0.3 is 11.5 Å². The van der Waals surface area contributed by atoms with Crippen LogP contribution in [0.3, 0.4) is 0 Å². The Morgan fingerprint density at radius 2 is 0.633 bits per heavy atom. The van der Waals surface area contributed by atoms with E-state index in [9.17, 15) is 0 Å². The first-order chi connectivity index (χ1) is 24.0. The summed E-state index contributed by atoms with van der Waals surface area (Å²) in [6.45, 7) is 4.60. The van der Waals surface area contributed by atoms with E-state index >= 15 is 0 Å². The maximum Gasteiger partial charge on any atom is 0.0314 e. The zero-order chi connectivity index (χ0) is 34.5. The molecule has 4 N–H and O–H groups in total. The quantitative estimate of drug-likeness (QED) is 0.0581. The Balaban J connectivity index is 1.06. The SMILES string of the molecule is CCCCc1cc(Cc2ccc(N)cc2)ccc1CCCCCCCCCCCCCc1ccc(Cc2ccc(N)cc2)cc1CCCC. The van der Waals surface area contributed by atoms with Crippen LogP contribution >= 0.6 is 0 Å². The molecule has 0 amide bonds. The third-order valence-electron chi connectivity index (χ3n) is 10.3. The molecule has 4 aromatic rings. The molecule has 0 aromatic heterocycles. The van der Waals surface area contributed by atoms with Crippen LogP contribution in [0.25, 0.3) is 0 Å². The fourth-order valence-corrected chi connectivity index (χ4v) is 7.23. The summed E-state index contributed by atoms with van der Waals surface area (Å²) in [6.07, 6.45) is 27.1. The van der Waals surface area contributed by atoms with Crippen LogP contribution in [0.1, 0.15) is 155 Å². The van der Waals surface area contributed by atoms with E-state index in [1.165, 1.54) is 144 Å². The van der Waals surface area contributed by atoms with Crippen molar-refractivity contribution in [2.45, 2.75) is 149 Å². The minimum atomic E-state index is 0.838. The van der Waals surface area contributed by atoms with Crippen LogP contribution in [-0.4, -0.2) is 0 Å². The molecule has 0 atom stereocenters. The monoisotopic (exact) mass is 659 g/mol. The molecule has 0 saturated carbocycles. The Morgan fingerprint density at radius 3 is 0.980 bits per heavy atom. The number of rotatable bonds is 24. The Morgan fingerprint density at radius 1 is 0.327 bits per heavy atom. The zero-order valence-corrected chi connectivity index (χ0v) is 31.1. The maximum atomic E-state index is 5.88. The van der Waals surface area contributed by atoms with Gasteiger partial charge in [-0.2, -0.15) is 0 Å². The van der Waals surface area contributed by atoms with Crippen molar-refractivity contribution in [3.8, 4) is 0 Å². The van der Waals surface area contributed by atoms with E-state index in [2.05, 4.69) is 74.5 Å². The van der Waals surface area contributed by atoms with Crippen LogP contribution in [0.4, 0.5) is 11.4 Å². The van der Waals surface area contributed by atoms with Gasteiger partial charge in [0.25, 0.3) is 0 Å². The molecule has 0 fully saturated rings. The highest BCUT2D eigenvalue weighted by Crippen LogP contribution is 2.23. The van der Waals surface area contributed by atoms with Gasteiger partial charge >= 0.3 is 0 Å². The molecule has 2 heteroatoms. The number of nitrogen functional groups attached to an aromatic ring is 2. The standard InChI is InChI=1S/C47H66N2/c1-3-5-18-44-36-40(34-38-24-30-46(48)31-25-38)22-28-42(44)20-16-14-12-10-8-7-9-11-13-15-17-21-43-29-23-41(37-45(43)19-6-4-2)35-39-26-32-47(49)33-27-39/h22-33,36-37H,3-21,34-35,48-49H2,1-2H3. The van der Waals surface area contributed by atoms with Crippen molar-refractivity contribution < 1.29 is 0 Å². The molecule has 0 spiro atoms. The van der Waals surface area contributed by atoms with E-state index in [0.717, 1.165) is 24.2 Å². The third kappa shape index (κ3) is 14.5. The molecule has 4 aromatic carbocycles. The summed E-state index contributed by atoms with van der Waals surface area (Å²) in [6, 6.07) is 31.2. The van der Waals surface area contributed by atoms with Crippen molar-refractivity contribution in [1.82, 2.24) is 0 Å². The van der Waals surface area contributed by atoms with E-state index in [1.807, 2.05) is 24.3 Å². The lowest BCUT2D eigenvalue weighted by Crippen LogP contribution is -1.99. The van der Waals surface area contributed by atoms with E-state index in [4.69, 9.17) is 11.5 Å². The van der Waals surface area contributed by atoms with Gasteiger partial charge in [0.15, 0.2) is 0 Å². The highest BCUT2D eigenvalue weighted by Gasteiger charge is 2.08. The minimum absolute atomic E-state index is 0.838. The van der Waals surface area contributed by atoms with Gasteiger partial charge in [-0.3, -0.25) is 0 Å². The molecule has 0 bridgehead atoms.